The first-order valence-electron chi connectivity index (χ1n) is 7.22. The quantitative estimate of drug-likeness (QED) is 0.291. The molecule has 0 saturated carbocycles. The van der Waals surface area contributed by atoms with Crippen LogP contribution in [0.1, 0.15) is 27.2 Å². The first-order valence-corrected chi connectivity index (χ1v) is 7.22. The van der Waals surface area contributed by atoms with Crippen LogP contribution < -0.4 is 0 Å². The third-order valence-electron chi connectivity index (χ3n) is 2.79. The van der Waals surface area contributed by atoms with Gasteiger partial charge in [0.25, 0.3) is 0 Å². The van der Waals surface area contributed by atoms with Crippen molar-refractivity contribution in [3.63, 3.8) is 0 Å². The fraction of sp³-hybridized carbons (Fsp3) is 0.929. The van der Waals surface area contributed by atoms with Crippen LogP contribution in [0.2, 0.25) is 0 Å². The van der Waals surface area contributed by atoms with Crippen molar-refractivity contribution in [3.8, 4) is 0 Å². The van der Waals surface area contributed by atoms with Gasteiger partial charge in [-0.05, 0) is 20.3 Å². The van der Waals surface area contributed by atoms with E-state index in [1.54, 1.807) is 7.11 Å². The third-order valence-corrected chi connectivity index (χ3v) is 2.79. The highest BCUT2D eigenvalue weighted by molar-refractivity contribution is 5.72. The third kappa shape index (κ3) is 9.25. The maximum atomic E-state index is 11.9. The van der Waals surface area contributed by atoms with Crippen LogP contribution in [0, 0.1) is 5.92 Å². The van der Waals surface area contributed by atoms with Gasteiger partial charge in [-0.2, -0.15) is 0 Å². The minimum Gasteiger partial charge on any atom is -0.463 e. The molecule has 0 bridgehead atoms. The van der Waals surface area contributed by atoms with E-state index in [-0.39, 0.29) is 11.9 Å². The van der Waals surface area contributed by atoms with E-state index in [0.29, 0.717) is 46.4 Å². The van der Waals surface area contributed by atoms with E-state index in [9.17, 15) is 4.79 Å². The zero-order valence-corrected chi connectivity index (χ0v) is 13.2. The van der Waals surface area contributed by atoms with Gasteiger partial charge in [-0.25, -0.2) is 0 Å². The number of carbonyl (C=O) groups is 1. The number of methoxy groups -OCH3 is 1. The zero-order valence-electron chi connectivity index (χ0n) is 13.2. The highest BCUT2D eigenvalue weighted by atomic mass is 16.6. The van der Waals surface area contributed by atoms with Crippen LogP contribution in [-0.4, -0.2) is 64.4 Å². The highest BCUT2D eigenvalue weighted by Gasteiger charge is 2.21. The molecule has 0 saturated heterocycles. The summed E-state index contributed by atoms with van der Waals surface area (Å²) in [6, 6.07) is 0. The lowest BCUT2D eigenvalue weighted by atomic mass is 10.1. The van der Waals surface area contributed by atoms with Crippen molar-refractivity contribution in [3.05, 3.63) is 0 Å². The van der Waals surface area contributed by atoms with Gasteiger partial charge < -0.3 is 18.9 Å². The van der Waals surface area contributed by atoms with Gasteiger partial charge in [-0.1, -0.05) is 6.92 Å². The minimum absolute atomic E-state index is 0.173. The lowest BCUT2D eigenvalue weighted by molar-refractivity contribution is -0.152. The Balaban J connectivity index is 4.25. The van der Waals surface area contributed by atoms with Crippen LogP contribution in [0.5, 0.6) is 0 Å². The Morgan fingerprint density at radius 1 is 1.05 bits per heavy atom. The van der Waals surface area contributed by atoms with Crippen molar-refractivity contribution in [1.82, 2.24) is 4.90 Å². The predicted octanol–water partition coefficient (Wildman–Crippen LogP) is 1.49. The smallest absolute Gasteiger partial charge is 0.310 e. The van der Waals surface area contributed by atoms with Crippen molar-refractivity contribution in [2.24, 2.45) is 5.92 Å². The van der Waals surface area contributed by atoms with Gasteiger partial charge >= 0.3 is 5.97 Å². The molecule has 1 atom stereocenters. The van der Waals surface area contributed by atoms with Crippen LogP contribution >= 0.6 is 0 Å². The molecule has 0 fully saturated rings. The number of hydrogen-bond donors (Lipinski definition) is 0. The molecule has 0 aliphatic heterocycles. The lowest BCUT2D eigenvalue weighted by Gasteiger charge is -2.25. The second-order valence-electron chi connectivity index (χ2n) is 4.36. The van der Waals surface area contributed by atoms with E-state index in [0.717, 1.165) is 6.42 Å². The van der Waals surface area contributed by atoms with Gasteiger partial charge in [0.2, 0.25) is 0 Å². The zero-order chi connectivity index (χ0) is 15.2. The van der Waals surface area contributed by atoms with E-state index in [2.05, 4.69) is 0 Å². The fourth-order valence-corrected chi connectivity index (χ4v) is 1.61. The second-order valence-corrected chi connectivity index (χ2v) is 4.36. The fourth-order valence-electron chi connectivity index (χ4n) is 1.61. The molecule has 1 unspecified atom stereocenters. The molecule has 0 heterocycles. The molecular formula is C14H29NO5. The highest BCUT2D eigenvalue weighted by Crippen LogP contribution is 2.09. The van der Waals surface area contributed by atoms with Gasteiger partial charge in [-0.15, -0.1) is 0 Å². The summed E-state index contributed by atoms with van der Waals surface area (Å²) >= 11 is 0. The minimum atomic E-state index is -0.192. The summed E-state index contributed by atoms with van der Waals surface area (Å²) in [4.78, 5) is 13.9. The molecule has 120 valence electrons. The molecule has 0 spiro atoms. The molecule has 0 aromatic heterocycles. The van der Waals surface area contributed by atoms with Crippen molar-refractivity contribution in [2.75, 3.05) is 53.5 Å². The summed E-state index contributed by atoms with van der Waals surface area (Å²) in [6.45, 7) is 9.33. The average molecular weight is 291 g/mol. The Morgan fingerprint density at radius 2 is 1.65 bits per heavy atom. The Bertz CT molecular complexity index is 230. The van der Waals surface area contributed by atoms with Gasteiger partial charge in [0.15, 0.2) is 0 Å². The van der Waals surface area contributed by atoms with Gasteiger partial charge in [0.1, 0.15) is 20.1 Å². The molecule has 20 heavy (non-hydrogen) atoms. The number of nitrogens with zero attached hydrogens (tertiary/aromatic N) is 1. The molecule has 0 amide bonds. The Hall–Kier alpha value is -0.690. The van der Waals surface area contributed by atoms with Crippen molar-refractivity contribution in [2.45, 2.75) is 27.2 Å². The first-order chi connectivity index (χ1) is 9.69. The maximum absolute atomic E-state index is 11.9. The Morgan fingerprint density at radius 3 is 2.10 bits per heavy atom. The van der Waals surface area contributed by atoms with E-state index in [1.807, 2.05) is 25.7 Å². The largest absolute Gasteiger partial charge is 0.463 e. The van der Waals surface area contributed by atoms with Crippen molar-refractivity contribution >= 4 is 5.97 Å². The topological polar surface area (TPSA) is 57.2 Å². The maximum Gasteiger partial charge on any atom is 0.310 e. The summed E-state index contributed by atoms with van der Waals surface area (Å²) in [5.41, 5.74) is 0. The molecule has 6 heteroatoms. The van der Waals surface area contributed by atoms with Gasteiger partial charge in [0.05, 0.1) is 12.5 Å². The molecule has 0 aromatic carbocycles. The first kappa shape index (κ1) is 19.3. The molecule has 0 aliphatic carbocycles. The van der Waals surface area contributed by atoms with Crippen LogP contribution in [0.3, 0.4) is 0 Å². The molecule has 0 radical (unpaired) electrons. The van der Waals surface area contributed by atoms with Gasteiger partial charge in [-0.3, -0.25) is 9.69 Å². The Kier molecular flexibility index (Phi) is 12.8. The van der Waals surface area contributed by atoms with Crippen LogP contribution in [-0.2, 0) is 23.7 Å². The molecule has 0 N–H and O–H groups in total. The SMILES string of the molecule is CCOCN(COCC)CC(CC)C(=O)OCCOC. The second kappa shape index (κ2) is 13.3. The van der Waals surface area contributed by atoms with Crippen molar-refractivity contribution < 1.29 is 23.7 Å². The normalized spacial score (nSPS) is 12.7. The summed E-state index contributed by atoms with van der Waals surface area (Å²) < 4.78 is 20.8. The number of hydrogen-bond acceptors (Lipinski definition) is 6. The van der Waals surface area contributed by atoms with Crippen LogP contribution in [0.4, 0.5) is 0 Å². The number of esters is 1. The molecule has 6 nitrogen and oxygen atoms in total. The standard InChI is InChI=1S/C14H29NO5/c1-5-13(14(16)20-9-8-17-4)10-15(11-18-6-2)12-19-7-3/h13H,5-12H2,1-4H3. The van der Waals surface area contributed by atoms with Crippen LogP contribution in [0.25, 0.3) is 0 Å². The van der Waals surface area contributed by atoms with E-state index in [4.69, 9.17) is 18.9 Å². The summed E-state index contributed by atoms with van der Waals surface area (Å²) in [5.74, 6) is -0.365. The number of rotatable bonds is 13. The summed E-state index contributed by atoms with van der Waals surface area (Å²) in [7, 11) is 1.58. The van der Waals surface area contributed by atoms with E-state index >= 15 is 0 Å². The lowest BCUT2D eigenvalue weighted by Crippen LogP contribution is -2.37. The predicted molar refractivity (Wildman–Crippen MR) is 76.3 cm³/mol. The number of ether oxygens (including phenoxy) is 4. The summed E-state index contributed by atoms with van der Waals surface area (Å²) in [6.07, 6.45) is 0.723. The molecule has 0 aliphatic rings. The van der Waals surface area contributed by atoms with E-state index < -0.39 is 0 Å². The van der Waals surface area contributed by atoms with Crippen molar-refractivity contribution in [1.29, 1.82) is 0 Å². The average Bonchev–Trinajstić information content (AvgIpc) is 2.46. The molecule has 0 rings (SSSR count). The number of carbonyl (C=O) groups excluding carboxylic acids is 1. The Labute approximate surface area is 122 Å². The monoisotopic (exact) mass is 291 g/mol. The van der Waals surface area contributed by atoms with E-state index in [1.165, 1.54) is 0 Å². The van der Waals surface area contributed by atoms with Crippen LogP contribution in [0.15, 0.2) is 0 Å². The molecular weight excluding hydrogens is 262 g/mol. The van der Waals surface area contributed by atoms with Gasteiger partial charge in [0, 0.05) is 26.9 Å². The molecule has 0 aromatic rings. The summed E-state index contributed by atoms with van der Waals surface area (Å²) in [5, 5.41) is 0.